The Balaban J connectivity index is 2.47. The van der Waals surface area contributed by atoms with Gasteiger partial charge < -0.3 is 9.72 Å². The molecule has 0 bridgehead atoms. The first-order valence-electron chi connectivity index (χ1n) is 5.42. The molecule has 0 aromatic carbocycles. The third-order valence-corrected chi connectivity index (χ3v) is 2.82. The number of aryl methyl sites for hydroxylation is 1. The number of ether oxygens (including phenoxy) is 1. The Hall–Kier alpha value is -1.65. The van der Waals surface area contributed by atoms with Crippen molar-refractivity contribution in [3.05, 3.63) is 27.4 Å². The number of rotatable bonds is 1. The van der Waals surface area contributed by atoms with Gasteiger partial charge in [-0.3, -0.25) is 4.79 Å². The summed E-state index contributed by atoms with van der Waals surface area (Å²) in [6, 6.07) is 0. The van der Waals surface area contributed by atoms with Crippen molar-refractivity contribution in [1.82, 2.24) is 9.97 Å². The summed E-state index contributed by atoms with van der Waals surface area (Å²) in [5.41, 5.74) is 1.28. The van der Waals surface area contributed by atoms with Crippen LogP contribution in [0.2, 0.25) is 0 Å². The largest absolute Gasteiger partial charge is 0.463 e. The van der Waals surface area contributed by atoms with Gasteiger partial charge in [-0.1, -0.05) is 6.42 Å². The number of H-pyrrole nitrogens is 1. The van der Waals surface area contributed by atoms with E-state index in [4.69, 9.17) is 0 Å². The van der Waals surface area contributed by atoms with Crippen molar-refractivity contribution in [1.29, 1.82) is 0 Å². The highest BCUT2D eigenvalue weighted by Crippen LogP contribution is 2.15. The molecule has 0 aliphatic heterocycles. The highest BCUT2D eigenvalue weighted by Gasteiger charge is 2.17. The lowest BCUT2D eigenvalue weighted by Crippen LogP contribution is -2.22. The van der Waals surface area contributed by atoms with Crippen LogP contribution < -0.4 is 5.56 Å². The normalized spacial score (nSPS) is 15.1. The highest BCUT2D eigenvalue weighted by molar-refractivity contribution is 5.84. The predicted molar refractivity (Wildman–Crippen MR) is 57.5 cm³/mol. The number of hydrogen-bond donors (Lipinski definition) is 1. The molecule has 0 saturated carbocycles. The Bertz CT molecular complexity index is 465. The van der Waals surface area contributed by atoms with Gasteiger partial charge in [-0.25, -0.2) is 9.78 Å². The van der Waals surface area contributed by atoms with E-state index in [1.807, 2.05) is 0 Å². The summed E-state index contributed by atoms with van der Waals surface area (Å²) in [6.07, 6.45) is 4.64. The molecule has 5 nitrogen and oxygen atoms in total. The summed E-state index contributed by atoms with van der Waals surface area (Å²) >= 11 is 0. The second kappa shape index (κ2) is 4.47. The standard InChI is InChI=1S/C11H14N2O3/c1-16-11(15)9-12-8-6-4-2-3-5-7(8)10(14)13-9/h2-6H2,1H3,(H,12,13,14). The minimum Gasteiger partial charge on any atom is -0.463 e. The van der Waals surface area contributed by atoms with Crippen molar-refractivity contribution >= 4 is 5.97 Å². The second-order valence-corrected chi connectivity index (χ2v) is 3.89. The first-order chi connectivity index (χ1) is 7.72. The zero-order valence-electron chi connectivity index (χ0n) is 9.21. The van der Waals surface area contributed by atoms with Crippen molar-refractivity contribution in [2.75, 3.05) is 7.11 Å². The van der Waals surface area contributed by atoms with Gasteiger partial charge in [0.05, 0.1) is 12.8 Å². The SMILES string of the molecule is COC(=O)c1nc2c(c(=O)[nH]1)CCCCC2. The van der Waals surface area contributed by atoms with Crippen LogP contribution in [0.1, 0.15) is 41.1 Å². The van der Waals surface area contributed by atoms with Gasteiger partial charge in [-0.2, -0.15) is 0 Å². The Kier molecular flexibility index (Phi) is 3.03. The number of hydrogen-bond acceptors (Lipinski definition) is 4. The Morgan fingerprint density at radius 1 is 1.31 bits per heavy atom. The fourth-order valence-electron chi connectivity index (χ4n) is 1.97. The molecule has 5 heteroatoms. The van der Waals surface area contributed by atoms with Gasteiger partial charge >= 0.3 is 5.97 Å². The van der Waals surface area contributed by atoms with Crippen molar-refractivity contribution in [3.63, 3.8) is 0 Å². The van der Waals surface area contributed by atoms with E-state index < -0.39 is 5.97 Å². The quantitative estimate of drug-likeness (QED) is 0.564. The molecular formula is C11H14N2O3. The maximum Gasteiger partial charge on any atom is 0.374 e. The average molecular weight is 222 g/mol. The minimum absolute atomic E-state index is 0.00755. The number of carbonyl (C=O) groups excluding carboxylic acids is 1. The van der Waals surface area contributed by atoms with Crippen LogP contribution in [0.5, 0.6) is 0 Å². The number of fused-ring (bicyclic) bond motifs is 1. The summed E-state index contributed by atoms with van der Waals surface area (Å²) in [4.78, 5) is 29.7. The molecule has 0 saturated heterocycles. The van der Waals surface area contributed by atoms with E-state index in [1.165, 1.54) is 7.11 Å². The second-order valence-electron chi connectivity index (χ2n) is 3.89. The Morgan fingerprint density at radius 3 is 2.81 bits per heavy atom. The zero-order valence-corrected chi connectivity index (χ0v) is 9.21. The third kappa shape index (κ3) is 1.98. The van der Waals surface area contributed by atoms with Gasteiger partial charge in [0.1, 0.15) is 0 Å². The molecule has 0 radical (unpaired) electrons. The van der Waals surface area contributed by atoms with E-state index in [2.05, 4.69) is 14.7 Å². The number of carbonyl (C=O) groups is 1. The smallest absolute Gasteiger partial charge is 0.374 e. The molecule has 1 N–H and O–H groups in total. The number of aromatic nitrogens is 2. The number of esters is 1. The van der Waals surface area contributed by atoms with Gasteiger partial charge in [0.2, 0.25) is 5.82 Å². The van der Waals surface area contributed by atoms with Crippen molar-refractivity contribution in [2.24, 2.45) is 0 Å². The third-order valence-electron chi connectivity index (χ3n) is 2.82. The van der Waals surface area contributed by atoms with Gasteiger partial charge in [0.25, 0.3) is 5.56 Å². The highest BCUT2D eigenvalue weighted by atomic mass is 16.5. The number of nitrogens with zero attached hydrogens (tertiary/aromatic N) is 1. The molecule has 1 aliphatic carbocycles. The number of methoxy groups -OCH3 is 1. The summed E-state index contributed by atoms with van der Waals surface area (Å²) in [6.45, 7) is 0. The summed E-state index contributed by atoms with van der Waals surface area (Å²) < 4.78 is 4.54. The minimum atomic E-state index is -0.593. The molecule has 1 heterocycles. The van der Waals surface area contributed by atoms with Crippen LogP contribution in [0.25, 0.3) is 0 Å². The molecule has 0 fully saturated rings. The summed E-state index contributed by atoms with van der Waals surface area (Å²) in [5.74, 6) is -0.586. The topological polar surface area (TPSA) is 72.0 Å². The first-order valence-corrected chi connectivity index (χ1v) is 5.42. The zero-order chi connectivity index (χ0) is 11.5. The van der Waals surface area contributed by atoms with Crippen LogP contribution >= 0.6 is 0 Å². The van der Waals surface area contributed by atoms with Crippen molar-refractivity contribution in [3.8, 4) is 0 Å². The van der Waals surface area contributed by atoms with Crippen LogP contribution in [0, 0.1) is 0 Å². The van der Waals surface area contributed by atoms with Gasteiger partial charge in [-0.15, -0.1) is 0 Å². The lowest BCUT2D eigenvalue weighted by atomic mass is 10.1. The fourth-order valence-corrected chi connectivity index (χ4v) is 1.97. The van der Waals surface area contributed by atoms with Gasteiger partial charge in [-0.05, 0) is 25.7 Å². The van der Waals surface area contributed by atoms with Crippen molar-refractivity contribution < 1.29 is 9.53 Å². The van der Waals surface area contributed by atoms with Crippen LogP contribution in [0.15, 0.2) is 4.79 Å². The first kappa shape index (κ1) is 10.9. The molecule has 86 valence electrons. The van der Waals surface area contributed by atoms with Crippen LogP contribution in [-0.2, 0) is 17.6 Å². The molecular weight excluding hydrogens is 208 g/mol. The van der Waals surface area contributed by atoms with E-state index in [1.54, 1.807) is 0 Å². The van der Waals surface area contributed by atoms with E-state index >= 15 is 0 Å². The monoisotopic (exact) mass is 222 g/mol. The maximum absolute atomic E-state index is 11.8. The van der Waals surface area contributed by atoms with E-state index in [9.17, 15) is 9.59 Å². The van der Waals surface area contributed by atoms with E-state index in [0.29, 0.717) is 0 Å². The molecule has 1 aliphatic rings. The molecule has 0 atom stereocenters. The molecule has 0 amide bonds. The van der Waals surface area contributed by atoms with Crippen LogP contribution in [0.3, 0.4) is 0 Å². The summed E-state index contributed by atoms with van der Waals surface area (Å²) in [5, 5.41) is 0. The van der Waals surface area contributed by atoms with Gasteiger partial charge in [0.15, 0.2) is 0 Å². The predicted octanol–water partition coefficient (Wildman–Crippen LogP) is 0.825. The molecule has 0 unspecified atom stereocenters. The Labute approximate surface area is 92.9 Å². The van der Waals surface area contributed by atoms with Crippen LogP contribution in [0.4, 0.5) is 0 Å². The lowest BCUT2D eigenvalue weighted by Gasteiger charge is -2.05. The van der Waals surface area contributed by atoms with Crippen molar-refractivity contribution in [2.45, 2.75) is 32.1 Å². The Morgan fingerprint density at radius 2 is 2.06 bits per heavy atom. The van der Waals surface area contributed by atoms with Gasteiger partial charge in [0, 0.05) is 5.56 Å². The summed E-state index contributed by atoms with van der Waals surface area (Å²) in [7, 11) is 1.27. The van der Waals surface area contributed by atoms with E-state index in [0.717, 1.165) is 43.4 Å². The molecule has 0 spiro atoms. The molecule has 16 heavy (non-hydrogen) atoms. The fraction of sp³-hybridized carbons (Fsp3) is 0.545. The number of aromatic amines is 1. The molecule has 1 aromatic rings. The molecule has 1 aromatic heterocycles. The van der Waals surface area contributed by atoms with E-state index in [-0.39, 0.29) is 11.4 Å². The van der Waals surface area contributed by atoms with Crippen LogP contribution in [-0.4, -0.2) is 23.0 Å². The number of nitrogens with one attached hydrogen (secondary N) is 1. The lowest BCUT2D eigenvalue weighted by molar-refractivity contribution is 0.0586. The molecule has 2 rings (SSSR count). The maximum atomic E-state index is 11.8. The average Bonchev–Trinajstić information content (AvgIpc) is 2.53.